The van der Waals surface area contributed by atoms with Crippen molar-refractivity contribution in [3.8, 4) is 5.75 Å². The van der Waals surface area contributed by atoms with E-state index in [-0.39, 0.29) is 0 Å². The number of aryl methyl sites for hydroxylation is 2. The minimum Gasteiger partial charge on any atom is -0.493 e. The van der Waals surface area contributed by atoms with E-state index in [0.717, 1.165) is 41.5 Å². The van der Waals surface area contributed by atoms with Crippen molar-refractivity contribution in [3.63, 3.8) is 0 Å². The van der Waals surface area contributed by atoms with E-state index < -0.39 is 0 Å². The third-order valence-corrected chi connectivity index (χ3v) is 3.77. The fourth-order valence-electron chi connectivity index (χ4n) is 2.60. The Kier molecular flexibility index (Phi) is 4.90. The van der Waals surface area contributed by atoms with E-state index in [0.29, 0.717) is 6.04 Å². The summed E-state index contributed by atoms with van der Waals surface area (Å²) in [5, 5.41) is 4.33. The molecule has 0 radical (unpaired) electrons. The lowest BCUT2D eigenvalue weighted by Gasteiger charge is -2.23. The minimum absolute atomic E-state index is 0.631. The summed E-state index contributed by atoms with van der Waals surface area (Å²) in [6, 6.07) is 4.55. The Balaban J connectivity index is 1.86. The summed E-state index contributed by atoms with van der Waals surface area (Å²) in [4.78, 5) is 0. The zero-order chi connectivity index (χ0) is 13.0. The highest BCUT2D eigenvalue weighted by Gasteiger charge is 2.13. The fourth-order valence-corrected chi connectivity index (χ4v) is 2.93. The molecule has 0 spiro atoms. The molecule has 2 nitrogen and oxygen atoms in total. The zero-order valence-electron chi connectivity index (χ0n) is 11.3. The van der Waals surface area contributed by atoms with Crippen molar-refractivity contribution in [1.82, 2.24) is 5.32 Å². The molecule has 0 aromatic heterocycles. The van der Waals surface area contributed by atoms with Crippen LogP contribution in [0.4, 0.5) is 0 Å². The number of hydrogen-bond donors (Lipinski definition) is 1. The minimum atomic E-state index is 0.631. The predicted molar refractivity (Wildman–Crippen MR) is 76.7 cm³/mol. The first-order valence-electron chi connectivity index (χ1n) is 6.80. The molecule has 1 N–H and O–H groups in total. The Morgan fingerprint density at radius 3 is 2.61 bits per heavy atom. The van der Waals surface area contributed by atoms with E-state index >= 15 is 0 Å². The zero-order valence-corrected chi connectivity index (χ0v) is 12.0. The molecule has 0 saturated carbocycles. The number of piperidine rings is 1. The lowest BCUT2D eigenvalue weighted by atomic mass is 10.0. The van der Waals surface area contributed by atoms with Crippen molar-refractivity contribution < 1.29 is 4.74 Å². The van der Waals surface area contributed by atoms with Gasteiger partial charge in [-0.05, 0) is 62.9 Å². The summed E-state index contributed by atoms with van der Waals surface area (Å²) in [7, 11) is 0. The third kappa shape index (κ3) is 3.63. The number of rotatable bonds is 4. The number of benzene rings is 1. The second kappa shape index (κ2) is 6.44. The number of hydrogen-bond acceptors (Lipinski definition) is 2. The van der Waals surface area contributed by atoms with Crippen LogP contribution in [0.1, 0.15) is 36.8 Å². The SMILES string of the molecule is Cc1cc(Cl)cc(C)c1OCCC1CCCCN1. The van der Waals surface area contributed by atoms with Gasteiger partial charge in [0.05, 0.1) is 6.61 Å². The lowest BCUT2D eigenvalue weighted by Crippen LogP contribution is -2.35. The van der Waals surface area contributed by atoms with Gasteiger partial charge in [0.25, 0.3) is 0 Å². The van der Waals surface area contributed by atoms with Gasteiger partial charge in [-0.15, -0.1) is 0 Å². The monoisotopic (exact) mass is 267 g/mol. The summed E-state index contributed by atoms with van der Waals surface area (Å²) in [5.41, 5.74) is 2.24. The molecule has 1 saturated heterocycles. The standard InChI is InChI=1S/C15H22ClNO/c1-11-9-13(16)10-12(2)15(11)18-8-6-14-5-3-4-7-17-14/h9-10,14,17H,3-8H2,1-2H3. The molecule has 1 aromatic rings. The van der Waals surface area contributed by atoms with Crippen LogP contribution in [0.15, 0.2) is 12.1 Å². The second-order valence-corrected chi connectivity index (χ2v) is 5.59. The van der Waals surface area contributed by atoms with Crippen molar-refractivity contribution >= 4 is 11.6 Å². The molecule has 1 aromatic carbocycles. The van der Waals surface area contributed by atoms with Crippen LogP contribution in [-0.4, -0.2) is 19.2 Å². The highest BCUT2D eigenvalue weighted by molar-refractivity contribution is 6.30. The van der Waals surface area contributed by atoms with Crippen LogP contribution < -0.4 is 10.1 Å². The Hall–Kier alpha value is -0.730. The van der Waals surface area contributed by atoms with E-state index in [1.807, 2.05) is 26.0 Å². The van der Waals surface area contributed by atoms with Gasteiger partial charge < -0.3 is 10.1 Å². The van der Waals surface area contributed by atoms with Gasteiger partial charge in [0.2, 0.25) is 0 Å². The molecule has 18 heavy (non-hydrogen) atoms. The number of halogens is 1. The maximum atomic E-state index is 6.01. The maximum Gasteiger partial charge on any atom is 0.125 e. The molecular formula is C15H22ClNO. The van der Waals surface area contributed by atoms with Crippen molar-refractivity contribution in [2.24, 2.45) is 0 Å². The molecule has 1 heterocycles. The molecule has 2 rings (SSSR count). The average molecular weight is 268 g/mol. The molecule has 0 amide bonds. The van der Waals surface area contributed by atoms with Gasteiger partial charge in [0.1, 0.15) is 5.75 Å². The van der Waals surface area contributed by atoms with Crippen LogP contribution in [0.25, 0.3) is 0 Å². The van der Waals surface area contributed by atoms with Crippen molar-refractivity contribution in [3.05, 3.63) is 28.3 Å². The summed E-state index contributed by atoms with van der Waals surface area (Å²) in [6.07, 6.45) is 5.02. The van der Waals surface area contributed by atoms with E-state index in [4.69, 9.17) is 16.3 Å². The van der Waals surface area contributed by atoms with Crippen molar-refractivity contribution in [2.45, 2.75) is 45.6 Å². The van der Waals surface area contributed by atoms with Crippen LogP contribution in [-0.2, 0) is 0 Å². The van der Waals surface area contributed by atoms with E-state index in [1.165, 1.54) is 19.3 Å². The van der Waals surface area contributed by atoms with Gasteiger partial charge in [-0.3, -0.25) is 0 Å². The van der Waals surface area contributed by atoms with Gasteiger partial charge in [0, 0.05) is 11.1 Å². The first-order valence-corrected chi connectivity index (χ1v) is 7.17. The molecule has 1 aliphatic heterocycles. The largest absolute Gasteiger partial charge is 0.493 e. The fraction of sp³-hybridized carbons (Fsp3) is 0.600. The molecule has 0 aliphatic carbocycles. The second-order valence-electron chi connectivity index (χ2n) is 5.15. The van der Waals surface area contributed by atoms with Gasteiger partial charge in [-0.1, -0.05) is 18.0 Å². The van der Waals surface area contributed by atoms with E-state index in [2.05, 4.69) is 5.32 Å². The van der Waals surface area contributed by atoms with Gasteiger partial charge >= 0.3 is 0 Å². The highest BCUT2D eigenvalue weighted by atomic mass is 35.5. The van der Waals surface area contributed by atoms with Gasteiger partial charge in [-0.25, -0.2) is 0 Å². The Labute approximate surface area is 115 Å². The quantitative estimate of drug-likeness (QED) is 0.894. The topological polar surface area (TPSA) is 21.3 Å². The van der Waals surface area contributed by atoms with Crippen LogP contribution in [0.2, 0.25) is 5.02 Å². The molecule has 100 valence electrons. The number of nitrogens with one attached hydrogen (secondary N) is 1. The molecular weight excluding hydrogens is 246 g/mol. The third-order valence-electron chi connectivity index (χ3n) is 3.55. The molecule has 0 bridgehead atoms. The van der Waals surface area contributed by atoms with Crippen LogP contribution in [0.3, 0.4) is 0 Å². The molecule has 1 fully saturated rings. The van der Waals surface area contributed by atoms with Crippen molar-refractivity contribution in [2.75, 3.05) is 13.2 Å². The number of ether oxygens (including phenoxy) is 1. The van der Waals surface area contributed by atoms with E-state index in [9.17, 15) is 0 Å². The first-order chi connectivity index (χ1) is 8.66. The molecule has 1 unspecified atom stereocenters. The molecule has 3 heteroatoms. The van der Waals surface area contributed by atoms with Crippen LogP contribution >= 0.6 is 11.6 Å². The highest BCUT2D eigenvalue weighted by Crippen LogP contribution is 2.27. The van der Waals surface area contributed by atoms with Crippen LogP contribution in [0, 0.1) is 13.8 Å². The molecule has 1 aliphatic rings. The molecule has 1 atom stereocenters. The summed E-state index contributed by atoms with van der Waals surface area (Å²) in [6.45, 7) is 6.03. The van der Waals surface area contributed by atoms with E-state index in [1.54, 1.807) is 0 Å². The Morgan fingerprint density at radius 2 is 2.00 bits per heavy atom. The Bertz CT molecular complexity index is 376. The first kappa shape index (κ1) is 13.7. The van der Waals surface area contributed by atoms with Gasteiger partial charge in [-0.2, -0.15) is 0 Å². The van der Waals surface area contributed by atoms with Gasteiger partial charge in [0.15, 0.2) is 0 Å². The summed E-state index contributed by atoms with van der Waals surface area (Å²) in [5.74, 6) is 0.996. The van der Waals surface area contributed by atoms with Crippen molar-refractivity contribution in [1.29, 1.82) is 0 Å². The smallest absolute Gasteiger partial charge is 0.125 e. The Morgan fingerprint density at radius 1 is 1.28 bits per heavy atom. The summed E-state index contributed by atoms with van der Waals surface area (Å²) >= 11 is 6.01. The maximum absolute atomic E-state index is 6.01. The summed E-state index contributed by atoms with van der Waals surface area (Å²) < 4.78 is 5.93. The van der Waals surface area contributed by atoms with Crippen LogP contribution in [0.5, 0.6) is 5.75 Å². The lowest BCUT2D eigenvalue weighted by molar-refractivity contribution is 0.265. The predicted octanol–water partition coefficient (Wildman–Crippen LogP) is 3.87. The normalized spacial score (nSPS) is 19.8. The average Bonchev–Trinajstić information content (AvgIpc) is 2.34.